The lowest BCUT2D eigenvalue weighted by molar-refractivity contribution is 0.256. The van der Waals surface area contributed by atoms with Crippen LogP contribution in [0.4, 0.5) is 16.2 Å². The number of amides is 2. The molecule has 0 aliphatic rings. The van der Waals surface area contributed by atoms with Crippen LogP contribution in [0.25, 0.3) is 21.9 Å². The van der Waals surface area contributed by atoms with Crippen LogP contribution in [0.15, 0.2) is 85.2 Å². The van der Waals surface area contributed by atoms with E-state index in [1.807, 2.05) is 60.8 Å². The third kappa shape index (κ3) is 3.25. The molecule has 2 amide bonds. The number of nitrogens with zero attached hydrogens (tertiary/aromatic N) is 2. The second-order valence-corrected chi connectivity index (χ2v) is 6.45. The van der Waals surface area contributed by atoms with Crippen LogP contribution in [0, 0.1) is 6.92 Å². The van der Waals surface area contributed by atoms with Crippen molar-refractivity contribution in [1.82, 2.24) is 4.98 Å². The highest BCUT2D eigenvalue weighted by molar-refractivity contribution is 5.99. The van der Waals surface area contributed by atoms with Crippen LogP contribution in [0.5, 0.6) is 0 Å². The molecule has 1 heterocycles. The van der Waals surface area contributed by atoms with Crippen molar-refractivity contribution in [3.8, 4) is 11.1 Å². The largest absolute Gasteiger partial charge is 0.351 e. The molecule has 4 nitrogen and oxygen atoms in total. The minimum Gasteiger partial charge on any atom is -0.351 e. The van der Waals surface area contributed by atoms with E-state index in [-0.39, 0.29) is 0 Å². The summed E-state index contributed by atoms with van der Waals surface area (Å²) >= 11 is 0. The molecule has 0 atom stereocenters. The van der Waals surface area contributed by atoms with Crippen LogP contribution in [-0.2, 0) is 0 Å². The summed E-state index contributed by atoms with van der Waals surface area (Å²) in [7, 11) is 0. The van der Waals surface area contributed by atoms with Gasteiger partial charge in [-0.1, -0.05) is 36.4 Å². The molecule has 0 saturated heterocycles. The molecule has 0 saturated carbocycles. The van der Waals surface area contributed by atoms with Crippen LogP contribution in [0.3, 0.4) is 0 Å². The van der Waals surface area contributed by atoms with Crippen molar-refractivity contribution in [2.75, 3.05) is 4.90 Å². The molecule has 4 rings (SSSR count). The Morgan fingerprint density at radius 1 is 0.889 bits per heavy atom. The number of aryl methyl sites for hydroxylation is 1. The summed E-state index contributed by atoms with van der Waals surface area (Å²) in [4.78, 5) is 17.9. The third-order valence-corrected chi connectivity index (χ3v) is 4.67. The number of nitrogens with two attached hydrogens (primary N) is 1. The number of carbonyl (C=O) groups excluding carboxylic acids is 1. The monoisotopic (exact) mass is 353 g/mol. The van der Waals surface area contributed by atoms with Crippen molar-refractivity contribution in [2.24, 2.45) is 5.73 Å². The van der Waals surface area contributed by atoms with Gasteiger partial charge in [0.2, 0.25) is 0 Å². The highest BCUT2D eigenvalue weighted by Gasteiger charge is 2.16. The smallest absolute Gasteiger partial charge is 0.323 e. The number of carbonyl (C=O) groups is 1. The van der Waals surface area contributed by atoms with Gasteiger partial charge in [-0.15, -0.1) is 0 Å². The van der Waals surface area contributed by atoms with Gasteiger partial charge in [0.05, 0.1) is 11.4 Å². The molecule has 0 bridgehead atoms. The Morgan fingerprint density at radius 2 is 1.70 bits per heavy atom. The van der Waals surface area contributed by atoms with E-state index in [1.165, 1.54) is 4.90 Å². The fourth-order valence-electron chi connectivity index (χ4n) is 3.29. The molecule has 2 N–H and O–H groups in total. The molecule has 0 fully saturated rings. The summed E-state index contributed by atoms with van der Waals surface area (Å²) in [5.74, 6) is 0. The van der Waals surface area contributed by atoms with E-state index in [0.717, 1.165) is 38.8 Å². The summed E-state index contributed by atoms with van der Waals surface area (Å²) in [6, 6.07) is 23.1. The van der Waals surface area contributed by atoms with Crippen molar-refractivity contribution >= 4 is 28.2 Å². The average molecular weight is 353 g/mol. The van der Waals surface area contributed by atoms with Crippen LogP contribution in [-0.4, -0.2) is 11.0 Å². The van der Waals surface area contributed by atoms with Gasteiger partial charge in [-0.05, 0) is 65.4 Å². The molecule has 0 aliphatic heterocycles. The molecule has 4 heteroatoms. The Bertz CT molecular complexity index is 1120. The maximum Gasteiger partial charge on any atom is 0.323 e. The molecular formula is C23H19N3O. The van der Waals surface area contributed by atoms with E-state index in [1.54, 1.807) is 6.20 Å². The Morgan fingerprint density at radius 3 is 2.48 bits per heavy atom. The minimum atomic E-state index is -0.515. The Hall–Kier alpha value is -3.66. The number of para-hydroxylation sites is 1. The molecule has 0 unspecified atom stereocenters. The third-order valence-electron chi connectivity index (χ3n) is 4.67. The Balaban J connectivity index is 1.84. The fraction of sp³-hybridized carbons (Fsp3) is 0.0435. The predicted molar refractivity (Wildman–Crippen MR) is 110 cm³/mol. The van der Waals surface area contributed by atoms with Gasteiger partial charge in [0.15, 0.2) is 0 Å². The molecule has 0 spiro atoms. The number of aromatic nitrogens is 1. The number of primary amides is 1. The lowest BCUT2D eigenvalue weighted by Gasteiger charge is -2.22. The summed E-state index contributed by atoms with van der Waals surface area (Å²) in [5, 5.41) is 2.22. The van der Waals surface area contributed by atoms with Gasteiger partial charge in [-0.3, -0.25) is 9.88 Å². The zero-order valence-electron chi connectivity index (χ0n) is 15.0. The molecule has 132 valence electrons. The van der Waals surface area contributed by atoms with E-state index < -0.39 is 6.03 Å². The van der Waals surface area contributed by atoms with Gasteiger partial charge in [-0.2, -0.15) is 0 Å². The van der Waals surface area contributed by atoms with Crippen molar-refractivity contribution in [3.05, 3.63) is 90.8 Å². The van der Waals surface area contributed by atoms with Crippen LogP contribution in [0.2, 0.25) is 0 Å². The van der Waals surface area contributed by atoms with Gasteiger partial charge in [0, 0.05) is 17.8 Å². The first-order valence-corrected chi connectivity index (χ1v) is 8.73. The van der Waals surface area contributed by atoms with E-state index in [0.29, 0.717) is 0 Å². The van der Waals surface area contributed by atoms with Crippen LogP contribution in [0.1, 0.15) is 5.56 Å². The zero-order valence-corrected chi connectivity index (χ0v) is 15.0. The summed E-state index contributed by atoms with van der Waals surface area (Å²) in [6.45, 7) is 2.06. The topological polar surface area (TPSA) is 59.2 Å². The average Bonchev–Trinajstić information content (AvgIpc) is 2.69. The maximum absolute atomic E-state index is 12.1. The number of hydrogen-bond donors (Lipinski definition) is 1. The van der Waals surface area contributed by atoms with Gasteiger partial charge in [0.25, 0.3) is 0 Å². The second kappa shape index (κ2) is 6.92. The number of fused-ring (bicyclic) bond motifs is 1. The summed E-state index contributed by atoms with van der Waals surface area (Å²) in [6.07, 6.45) is 3.65. The predicted octanol–water partition coefficient (Wildman–Crippen LogP) is 5.43. The van der Waals surface area contributed by atoms with Crippen molar-refractivity contribution in [3.63, 3.8) is 0 Å². The Labute approximate surface area is 157 Å². The highest BCUT2D eigenvalue weighted by atomic mass is 16.2. The van der Waals surface area contributed by atoms with E-state index in [2.05, 4.69) is 30.1 Å². The van der Waals surface area contributed by atoms with E-state index in [4.69, 9.17) is 5.73 Å². The second-order valence-electron chi connectivity index (χ2n) is 6.45. The lowest BCUT2D eigenvalue weighted by Crippen LogP contribution is -2.31. The Kier molecular flexibility index (Phi) is 4.30. The fourth-order valence-corrected chi connectivity index (χ4v) is 3.29. The van der Waals surface area contributed by atoms with Crippen LogP contribution >= 0.6 is 0 Å². The number of urea groups is 1. The maximum atomic E-state index is 12.1. The van der Waals surface area contributed by atoms with Crippen molar-refractivity contribution in [2.45, 2.75) is 6.92 Å². The highest BCUT2D eigenvalue weighted by Crippen LogP contribution is 2.33. The molecule has 3 aromatic carbocycles. The SMILES string of the molecule is Cc1ccc(N(C(N)=O)c2ccccc2)cc1-c1ccc2ccncc2c1. The summed E-state index contributed by atoms with van der Waals surface area (Å²) in [5.41, 5.74) is 10.4. The summed E-state index contributed by atoms with van der Waals surface area (Å²) < 4.78 is 0. The minimum absolute atomic E-state index is 0.515. The quantitative estimate of drug-likeness (QED) is 0.534. The molecule has 0 radical (unpaired) electrons. The number of benzene rings is 3. The molecule has 27 heavy (non-hydrogen) atoms. The number of rotatable bonds is 3. The number of pyridine rings is 1. The zero-order chi connectivity index (χ0) is 18.8. The first-order valence-electron chi connectivity index (χ1n) is 8.73. The molecule has 1 aromatic heterocycles. The standard InChI is InChI=1S/C23H19N3O/c1-16-7-10-21(26(23(24)27)20-5-3-2-4-6-20)14-22(16)18-9-8-17-11-12-25-15-19(17)13-18/h2-15H,1H3,(H2,24,27). The molecule has 4 aromatic rings. The van der Waals surface area contributed by atoms with E-state index >= 15 is 0 Å². The molecular weight excluding hydrogens is 334 g/mol. The normalized spacial score (nSPS) is 10.7. The van der Waals surface area contributed by atoms with Crippen molar-refractivity contribution in [1.29, 1.82) is 0 Å². The van der Waals surface area contributed by atoms with Gasteiger partial charge < -0.3 is 5.73 Å². The van der Waals surface area contributed by atoms with Gasteiger partial charge in [0.1, 0.15) is 0 Å². The number of anilines is 2. The number of hydrogen-bond acceptors (Lipinski definition) is 2. The van der Waals surface area contributed by atoms with Crippen molar-refractivity contribution < 1.29 is 4.79 Å². The molecule has 0 aliphatic carbocycles. The lowest BCUT2D eigenvalue weighted by atomic mass is 9.97. The van der Waals surface area contributed by atoms with Gasteiger partial charge >= 0.3 is 6.03 Å². The first kappa shape index (κ1) is 16.8. The first-order chi connectivity index (χ1) is 13.1. The van der Waals surface area contributed by atoms with E-state index in [9.17, 15) is 4.79 Å². The van der Waals surface area contributed by atoms with Crippen LogP contribution < -0.4 is 10.6 Å². The van der Waals surface area contributed by atoms with Gasteiger partial charge in [-0.25, -0.2) is 4.79 Å².